The summed E-state index contributed by atoms with van der Waals surface area (Å²) in [4.78, 5) is 21.6. The van der Waals surface area contributed by atoms with E-state index in [4.69, 9.17) is 14.5 Å². The van der Waals surface area contributed by atoms with Crippen LogP contribution in [-0.4, -0.2) is 55.2 Å². The summed E-state index contributed by atoms with van der Waals surface area (Å²) in [6, 6.07) is 14.8. The Hall–Kier alpha value is -2.64. The van der Waals surface area contributed by atoms with E-state index in [-0.39, 0.29) is 6.61 Å². The predicted octanol–water partition coefficient (Wildman–Crippen LogP) is 3.42. The molecule has 1 aliphatic heterocycles. The molecular weight excluding hydrogens is 374 g/mol. The monoisotopic (exact) mass is 397 g/mol. The smallest absolute Gasteiger partial charge is 0.349 e. The van der Waals surface area contributed by atoms with Crippen molar-refractivity contribution < 1.29 is 14.3 Å². The van der Waals surface area contributed by atoms with Gasteiger partial charge in [-0.1, -0.05) is 36.5 Å². The molecule has 0 radical (unpaired) electrons. The average molecular weight is 398 g/mol. The van der Waals surface area contributed by atoms with E-state index in [1.165, 1.54) is 0 Å². The van der Waals surface area contributed by atoms with Crippen molar-refractivity contribution in [3.63, 3.8) is 0 Å². The molecule has 0 atom stereocenters. The number of thiazole rings is 1. The lowest BCUT2D eigenvalue weighted by Gasteiger charge is -2.33. The van der Waals surface area contributed by atoms with Crippen LogP contribution in [0.4, 0.5) is 5.13 Å². The van der Waals surface area contributed by atoms with E-state index >= 15 is 0 Å². The first-order valence-corrected chi connectivity index (χ1v) is 10.3. The standard InChI is InChI=1S/C21H23N3O3S/c1-2-23-10-12-24(13-11-23)21-22-18-9-8-17(14-19(18)28-21)27-20(25)15-26-16-6-4-3-5-7-16/h3-9,14H,2,10-13,15H2,1H3. The Bertz CT molecular complexity index is 936. The lowest BCUT2D eigenvalue weighted by Crippen LogP contribution is -2.46. The van der Waals surface area contributed by atoms with Crippen molar-refractivity contribution in [3.05, 3.63) is 48.5 Å². The molecule has 1 aromatic heterocycles. The SMILES string of the molecule is CCN1CCN(c2nc3ccc(OC(=O)COc4ccccc4)cc3s2)CC1. The van der Waals surface area contributed by atoms with E-state index in [0.717, 1.165) is 48.1 Å². The number of anilines is 1. The summed E-state index contributed by atoms with van der Waals surface area (Å²) in [5.74, 6) is 0.731. The molecule has 0 saturated carbocycles. The van der Waals surface area contributed by atoms with Crippen molar-refractivity contribution in [1.29, 1.82) is 0 Å². The molecular formula is C21H23N3O3S. The Kier molecular flexibility index (Phi) is 5.73. The maximum absolute atomic E-state index is 12.1. The summed E-state index contributed by atoms with van der Waals surface area (Å²) in [7, 11) is 0. The van der Waals surface area contributed by atoms with E-state index < -0.39 is 5.97 Å². The Morgan fingerprint density at radius 3 is 2.61 bits per heavy atom. The highest BCUT2D eigenvalue weighted by Gasteiger charge is 2.19. The molecule has 0 spiro atoms. The highest BCUT2D eigenvalue weighted by molar-refractivity contribution is 7.22. The van der Waals surface area contributed by atoms with Gasteiger partial charge in [0, 0.05) is 32.2 Å². The lowest BCUT2D eigenvalue weighted by atomic mass is 10.3. The number of rotatable bonds is 6. The normalized spacial score (nSPS) is 15.0. The fourth-order valence-electron chi connectivity index (χ4n) is 3.17. The van der Waals surface area contributed by atoms with Gasteiger partial charge in [-0.2, -0.15) is 0 Å². The third-order valence-corrected chi connectivity index (χ3v) is 5.85. The molecule has 3 aromatic rings. The van der Waals surface area contributed by atoms with Gasteiger partial charge in [-0.15, -0.1) is 0 Å². The fourth-order valence-corrected chi connectivity index (χ4v) is 4.21. The molecule has 1 fully saturated rings. The lowest BCUT2D eigenvalue weighted by molar-refractivity contribution is -0.136. The molecule has 146 valence electrons. The first-order chi connectivity index (χ1) is 13.7. The van der Waals surface area contributed by atoms with Gasteiger partial charge in [0.2, 0.25) is 0 Å². The van der Waals surface area contributed by atoms with Gasteiger partial charge >= 0.3 is 5.97 Å². The van der Waals surface area contributed by atoms with Gasteiger partial charge in [-0.3, -0.25) is 0 Å². The Balaban J connectivity index is 1.38. The molecule has 7 heteroatoms. The van der Waals surface area contributed by atoms with Crippen molar-refractivity contribution in [1.82, 2.24) is 9.88 Å². The Labute approximate surface area is 168 Å². The second-order valence-corrected chi connectivity index (χ2v) is 7.63. The molecule has 1 saturated heterocycles. The fraction of sp³-hybridized carbons (Fsp3) is 0.333. The molecule has 2 aromatic carbocycles. The third kappa shape index (κ3) is 4.43. The van der Waals surface area contributed by atoms with Crippen molar-refractivity contribution >= 4 is 32.7 Å². The third-order valence-electron chi connectivity index (χ3n) is 4.77. The number of nitrogens with zero attached hydrogens (tertiary/aromatic N) is 3. The number of para-hydroxylation sites is 1. The zero-order chi connectivity index (χ0) is 19.3. The summed E-state index contributed by atoms with van der Waals surface area (Å²) in [6.07, 6.45) is 0. The van der Waals surface area contributed by atoms with Crippen LogP contribution in [0.1, 0.15) is 6.92 Å². The second kappa shape index (κ2) is 8.58. The molecule has 0 aliphatic carbocycles. The van der Waals surface area contributed by atoms with E-state index in [1.807, 2.05) is 30.3 Å². The number of carbonyl (C=O) groups is 1. The topological polar surface area (TPSA) is 54.9 Å². The number of fused-ring (bicyclic) bond motifs is 1. The van der Waals surface area contributed by atoms with Crippen LogP contribution in [0.2, 0.25) is 0 Å². The molecule has 0 bridgehead atoms. The summed E-state index contributed by atoms with van der Waals surface area (Å²) >= 11 is 1.64. The zero-order valence-corrected chi connectivity index (χ0v) is 16.7. The molecule has 0 amide bonds. The number of benzene rings is 2. The zero-order valence-electron chi connectivity index (χ0n) is 15.8. The van der Waals surface area contributed by atoms with Gasteiger partial charge in [0.25, 0.3) is 0 Å². The molecule has 0 unspecified atom stereocenters. The van der Waals surface area contributed by atoms with Gasteiger partial charge in [0.15, 0.2) is 11.7 Å². The van der Waals surface area contributed by atoms with Crippen molar-refractivity contribution in [2.24, 2.45) is 0 Å². The Morgan fingerprint density at radius 2 is 1.86 bits per heavy atom. The maximum Gasteiger partial charge on any atom is 0.349 e. The second-order valence-electron chi connectivity index (χ2n) is 6.62. The van der Waals surface area contributed by atoms with Crippen molar-refractivity contribution in [3.8, 4) is 11.5 Å². The van der Waals surface area contributed by atoms with Crippen LogP contribution in [0, 0.1) is 0 Å². The number of carbonyl (C=O) groups excluding carboxylic acids is 1. The van der Waals surface area contributed by atoms with Crippen molar-refractivity contribution in [2.75, 3.05) is 44.2 Å². The molecule has 2 heterocycles. The van der Waals surface area contributed by atoms with Crippen LogP contribution in [0.15, 0.2) is 48.5 Å². The van der Waals surface area contributed by atoms with Gasteiger partial charge in [0.1, 0.15) is 11.5 Å². The van der Waals surface area contributed by atoms with Crippen LogP contribution in [0.5, 0.6) is 11.5 Å². The number of esters is 1. The van der Waals surface area contributed by atoms with Crippen molar-refractivity contribution in [2.45, 2.75) is 6.92 Å². The molecule has 6 nitrogen and oxygen atoms in total. The first-order valence-electron chi connectivity index (χ1n) is 9.47. The van der Waals surface area contributed by atoms with E-state index in [0.29, 0.717) is 11.5 Å². The van der Waals surface area contributed by atoms with Gasteiger partial charge in [-0.25, -0.2) is 9.78 Å². The number of ether oxygens (including phenoxy) is 2. The number of piperazine rings is 1. The van der Waals surface area contributed by atoms with Gasteiger partial charge in [0.05, 0.1) is 10.2 Å². The highest BCUT2D eigenvalue weighted by atomic mass is 32.1. The average Bonchev–Trinajstić information content (AvgIpc) is 3.16. The number of hydrogen-bond acceptors (Lipinski definition) is 7. The summed E-state index contributed by atoms with van der Waals surface area (Å²) in [6.45, 7) is 7.28. The molecule has 4 rings (SSSR count). The van der Waals surface area contributed by atoms with E-state index in [1.54, 1.807) is 29.5 Å². The minimum Gasteiger partial charge on any atom is -0.482 e. The minimum atomic E-state index is -0.427. The maximum atomic E-state index is 12.1. The number of likely N-dealkylation sites (N-methyl/N-ethyl adjacent to an activating group) is 1. The van der Waals surface area contributed by atoms with Crippen LogP contribution < -0.4 is 14.4 Å². The predicted molar refractivity (Wildman–Crippen MR) is 112 cm³/mol. The summed E-state index contributed by atoms with van der Waals surface area (Å²) < 4.78 is 11.9. The summed E-state index contributed by atoms with van der Waals surface area (Å²) in [5, 5.41) is 1.03. The number of aromatic nitrogens is 1. The first kappa shape index (κ1) is 18.7. The van der Waals surface area contributed by atoms with E-state index in [9.17, 15) is 4.79 Å². The molecule has 28 heavy (non-hydrogen) atoms. The van der Waals surface area contributed by atoms with Crippen LogP contribution in [0.25, 0.3) is 10.2 Å². The largest absolute Gasteiger partial charge is 0.482 e. The molecule has 1 aliphatic rings. The quantitative estimate of drug-likeness (QED) is 0.469. The Morgan fingerprint density at radius 1 is 1.07 bits per heavy atom. The van der Waals surface area contributed by atoms with E-state index in [2.05, 4.69) is 16.7 Å². The highest BCUT2D eigenvalue weighted by Crippen LogP contribution is 2.32. The molecule has 0 N–H and O–H groups in total. The van der Waals surface area contributed by atoms with Gasteiger partial charge < -0.3 is 19.3 Å². The minimum absolute atomic E-state index is 0.127. The van der Waals surface area contributed by atoms with Crippen LogP contribution in [0.3, 0.4) is 0 Å². The van der Waals surface area contributed by atoms with Crippen LogP contribution >= 0.6 is 11.3 Å². The summed E-state index contributed by atoms with van der Waals surface area (Å²) in [5.41, 5.74) is 0.929. The van der Waals surface area contributed by atoms with Crippen LogP contribution in [-0.2, 0) is 4.79 Å². The van der Waals surface area contributed by atoms with Gasteiger partial charge in [-0.05, 0) is 30.8 Å². The number of hydrogen-bond donors (Lipinski definition) is 0.